The highest BCUT2D eigenvalue weighted by atomic mass is 16.5. The highest BCUT2D eigenvalue weighted by molar-refractivity contribution is 5.93. The van der Waals surface area contributed by atoms with Crippen LogP contribution in [-0.4, -0.2) is 25.6 Å². The van der Waals surface area contributed by atoms with Crippen LogP contribution in [0.1, 0.15) is 42.3 Å². The average molecular weight is 371 g/mol. The van der Waals surface area contributed by atoms with Crippen molar-refractivity contribution in [2.24, 2.45) is 11.7 Å². The lowest BCUT2D eigenvalue weighted by Crippen LogP contribution is -2.26. The first-order valence-electron chi connectivity index (χ1n) is 8.78. The Morgan fingerprint density at radius 1 is 1.04 bits per heavy atom. The van der Waals surface area contributed by atoms with Crippen molar-refractivity contribution in [1.82, 2.24) is 0 Å². The van der Waals surface area contributed by atoms with Gasteiger partial charge in [0.1, 0.15) is 0 Å². The molecule has 0 fully saturated rings. The van der Waals surface area contributed by atoms with Crippen LogP contribution in [0.5, 0.6) is 11.5 Å². The summed E-state index contributed by atoms with van der Waals surface area (Å²) in [4.78, 5) is 24.2. The van der Waals surface area contributed by atoms with E-state index in [0.717, 1.165) is 6.42 Å². The number of methoxy groups -OCH3 is 1. The zero-order valence-corrected chi connectivity index (χ0v) is 15.8. The standard InChI is InChI=1S/C21H25NO5/c1-14(2)11-12-26-17-10-9-16(13-18(17)25-3)21(24)27-19(20(22)23)15-7-5-4-6-8-15/h4-10,13-14,19H,11-12H2,1-3H3,(H2,22,23). The van der Waals surface area contributed by atoms with E-state index in [2.05, 4.69) is 13.8 Å². The molecule has 6 nitrogen and oxygen atoms in total. The Hall–Kier alpha value is -3.02. The predicted octanol–water partition coefficient (Wildman–Crippen LogP) is 3.50. The second-order valence-electron chi connectivity index (χ2n) is 6.50. The van der Waals surface area contributed by atoms with Gasteiger partial charge in [-0.15, -0.1) is 0 Å². The highest BCUT2D eigenvalue weighted by Gasteiger charge is 2.24. The molecule has 0 aromatic heterocycles. The fourth-order valence-corrected chi connectivity index (χ4v) is 2.41. The number of benzene rings is 2. The molecule has 2 N–H and O–H groups in total. The van der Waals surface area contributed by atoms with Crippen molar-refractivity contribution in [3.05, 3.63) is 59.7 Å². The van der Waals surface area contributed by atoms with Crippen molar-refractivity contribution in [1.29, 1.82) is 0 Å². The van der Waals surface area contributed by atoms with Gasteiger partial charge >= 0.3 is 5.97 Å². The summed E-state index contributed by atoms with van der Waals surface area (Å²) in [5.74, 6) is 0.0755. The number of carbonyl (C=O) groups is 2. The molecule has 0 bridgehead atoms. The molecular formula is C21H25NO5. The van der Waals surface area contributed by atoms with Crippen LogP contribution in [0.25, 0.3) is 0 Å². The van der Waals surface area contributed by atoms with E-state index in [-0.39, 0.29) is 5.56 Å². The molecule has 0 heterocycles. The normalized spacial score (nSPS) is 11.7. The van der Waals surface area contributed by atoms with Gasteiger partial charge in [0.2, 0.25) is 6.10 Å². The van der Waals surface area contributed by atoms with Gasteiger partial charge in [-0.05, 0) is 30.5 Å². The number of primary amides is 1. The maximum Gasteiger partial charge on any atom is 0.339 e. The summed E-state index contributed by atoms with van der Waals surface area (Å²) < 4.78 is 16.3. The first-order valence-corrected chi connectivity index (χ1v) is 8.78. The Morgan fingerprint density at radius 2 is 1.74 bits per heavy atom. The third kappa shape index (κ3) is 5.74. The molecule has 6 heteroatoms. The van der Waals surface area contributed by atoms with E-state index in [1.807, 2.05) is 0 Å². The Balaban J connectivity index is 2.14. The Kier molecular flexibility index (Phi) is 7.23. The molecule has 0 aliphatic rings. The fraction of sp³-hybridized carbons (Fsp3) is 0.333. The molecule has 0 aliphatic carbocycles. The quantitative estimate of drug-likeness (QED) is 0.682. The fourth-order valence-electron chi connectivity index (χ4n) is 2.41. The lowest BCUT2D eigenvalue weighted by atomic mass is 10.1. The molecule has 2 aromatic rings. The monoisotopic (exact) mass is 371 g/mol. The summed E-state index contributed by atoms with van der Waals surface area (Å²) in [6.45, 7) is 4.78. The third-order valence-corrected chi connectivity index (χ3v) is 3.94. The molecule has 27 heavy (non-hydrogen) atoms. The predicted molar refractivity (Wildman–Crippen MR) is 102 cm³/mol. The van der Waals surface area contributed by atoms with Crippen molar-refractivity contribution < 1.29 is 23.8 Å². The topological polar surface area (TPSA) is 87.9 Å². The molecular weight excluding hydrogens is 346 g/mol. The Morgan fingerprint density at radius 3 is 2.33 bits per heavy atom. The van der Waals surface area contributed by atoms with Gasteiger partial charge < -0.3 is 19.9 Å². The van der Waals surface area contributed by atoms with Crippen LogP contribution >= 0.6 is 0 Å². The van der Waals surface area contributed by atoms with E-state index in [0.29, 0.717) is 29.6 Å². The third-order valence-electron chi connectivity index (χ3n) is 3.94. The number of nitrogens with two attached hydrogens (primary N) is 1. The van der Waals surface area contributed by atoms with Crippen LogP contribution in [0, 0.1) is 5.92 Å². The molecule has 2 rings (SSSR count). The summed E-state index contributed by atoms with van der Waals surface area (Å²) in [6.07, 6.45) is -0.253. The van der Waals surface area contributed by atoms with Gasteiger partial charge in [-0.3, -0.25) is 4.79 Å². The van der Waals surface area contributed by atoms with Crippen LogP contribution in [0.2, 0.25) is 0 Å². The maximum atomic E-state index is 12.5. The number of hydrogen-bond donors (Lipinski definition) is 1. The first-order chi connectivity index (χ1) is 12.9. The number of hydrogen-bond acceptors (Lipinski definition) is 5. The summed E-state index contributed by atoms with van der Waals surface area (Å²) in [6, 6.07) is 13.4. The lowest BCUT2D eigenvalue weighted by Gasteiger charge is -2.16. The van der Waals surface area contributed by atoms with Gasteiger partial charge in [-0.1, -0.05) is 44.2 Å². The largest absolute Gasteiger partial charge is 0.493 e. The second-order valence-corrected chi connectivity index (χ2v) is 6.50. The summed E-state index contributed by atoms with van der Waals surface area (Å²) in [5, 5.41) is 0. The van der Waals surface area contributed by atoms with Gasteiger partial charge in [0.05, 0.1) is 19.3 Å². The first kappa shape index (κ1) is 20.3. The van der Waals surface area contributed by atoms with E-state index in [1.165, 1.54) is 13.2 Å². The number of rotatable bonds is 9. The van der Waals surface area contributed by atoms with Crippen molar-refractivity contribution in [3.8, 4) is 11.5 Å². The van der Waals surface area contributed by atoms with E-state index < -0.39 is 18.0 Å². The second kappa shape index (κ2) is 9.62. The van der Waals surface area contributed by atoms with Gasteiger partial charge in [-0.25, -0.2) is 4.79 Å². The van der Waals surface area contributed by atoms with Crippen LogP contribution in [-0.2, 0) is 9.53 Å². The number of esters is 1. The minimum atomic E-state index is -1.16. The van der Waals surface area contributed by atoms with Crippen LogP contribution in [0.15, 0.2) is 48.5 Å². The van der Waals surface area contributed by atoms with Gasteiger partial charge in [0, 0.05) is 5.56 Å². The molecule has 0 saturated carbocycles. The molecule has 144 valence electrons. The van der Waals surface area contributed by atoms with Crippen LogP contribution in [0.3, 0.4) is 0 Å². The zero-order chi connectivity index (χ0) is 19.8. The number of amides is 1. The smallest absolute Gasteiger partial charge is 0.339 e. The molecule has 0 spiro atoms. The lowest BCUT2D eigenvalue weighted by molar-refractivity contribution is -0.127. The Bertz CT molecular complexity index is 773. The molecule has 1 unspecified atom stereocenters. The van der Waals surface area contributed by atoms with E-state index >= 15 is 0 Å². The maximum absolute atomic E-state index is 12.5. The number of ether oxygens (including phenoxy) is 3. The SMILES string of the molecule is COc1cc(C(=O)OC(C(N)=O)c2ccccc2)ccc1OCCC(C)C. The van der Waals surface area contributed by atoms with E-state index in [9.17, 15) is 9.59 Å². The molecule has 2 aromatic carbocycles. The van der Waals surface area contributed by atoms with Crippen molar-refractivity contribution in [3.63, 3.8) is 0 Å². The number of carbonyl (C=O) groups excluding carboxylic acids is 2. The van der Waals surface area contributed by atoms with Crippen molar-refractivity contribution in [2.45, 2.75) is 26.4 Å². The molecule has 1 amide bonds. The average Bonchev–Trinajstić information content (AvgIpc) is 2.66. The van der Waals surface area contributed by atoms with Crippen LogP contribution < -0.4 is 15.2 Å². The van der Waals surface area contributed by atoms with Crippen molar-refractivity contribution in [2.75, 3.05) is 13.7 Å². The van der Waals surface area contributed by atoms with Gasteiger partial charge in [0.25, 0.3) is 5.91 Å². The zero-order valence-electron chi connectivity index (χ0n) is 15.8. The summed E-state index contributed by atoms with van der Waals surface area (Å²) in [5.41, 5.74) is 6.15. The molecule has 0 saturated heterocycles. The van der Waals surface area contributed by atoms with E-state index in [1.54, 1.807) is 42.5 Å². The molecule has 1 atom stereocenters. The minimum absolute atomic E-state index is 0.241. The van der Waals surface area contributed by atoms with Gasteiger partial charge in [0.15, 0.2) is 11.5 Å². The van der Waals surface area contributed by atoms with Crippen molar-refractivity contribution >= 4 is 11.9 Å². The Labute approximate surface area is 159 Å². The molecule has 0 aliphatic heterocycles. The minimum Gasteiger partial charge on any atom is -0.493 e. The molecule has 0 radical (unpaired) electrons. The van der Waals surface area contributed by atoms with Crippen LogP contribution in [0.4, 0.5) is 0 Å². The summed E-state index contributed by atoms with van der Waals surface area (Å²) >= 11 is 0. The van der Waals surface area contributed by atoms with E-state index in [4.69, 9.17) is 19.9 Å². The van der Waals surface area contributed by atoms with Gasteiger partial charge in [-0.2, -0.15) is 0 Å². The summed E-state index contributed by atoms with van der Waals surface area (Å²) in [7, 11) is 1.50. The highest BCUT2D eigenvalue weighted by Crippen LogP contribution is 2.29.